The van der Waals surface area contributed by atoms with Gasteiger partial charge in [0, 0.05) is 24.3 Å². The van der Waals surface area contributed by atoms with Gasteiger partial charge in [-0.05, 0) is 40.0 Å². The number of nitrogens with zero attached hydrogens (tertiary/aromatic N) is 2. The molecule has 0 radical (unpaired) electrons. The van der Waals surface area contributed by atoms with E-state index < -0.39 is 7.12 Å². The van der Waals surface area contributed by atoms with Crippen molar-refractivity contribution in [3.8, 4) is 0 Å². The van der Waals surface area contributed by atoms with Crippen LogP contribution in [0.2, 0.25) is 0 Å². The molecule has 0 spiro atoms. The lowest BCUT2D eigenvalue weighted by molar-refractivity contribution is -0.120. The van der Waals surface area contributed by atoms with Gasteiger partial charge in [-0.2, -0.15) is 5.10 Å². The summed E-state index contributed by atoms with van der Waals surface area (Å²) in [5.41, 5.74) is 0.223. The van der Waals surface area contributed by atoms with Gasteiger partial charge in [0.25, 0.3) is 0 Å². The molecule has 114 valence electrons. The Bertz CT molecular complexity index is 557. The minimum absolute atomic E-state index is 0.106. The van der Waals surface area contributed by atoms with Crippen molar-refractivity contribution in [3.63, 3.8) is 0 Å². The van der Waals surface area contributed by atoms with Gasteiger partial charge in [0.2, 0.25) is 0 Å². The third kappa shape index (κ3) is 2.34. The second-order valence-corrected chi connectivity index (χ2v) is 6.79. The van der Waals surface area contributed by atoms with Crippen LogP contribution in [0.5, 0.6) is 0 Å². The van der Waals surface area contributed by atoms with Crippen molar-refractivity contribution in [1.82, 2.24) is 9.78 Å². The molecule has 0 aromatic carbocycles. The van der Waals surface area contributed by atoms with E-state index in [1.807, 2.05) is 6.20 Å². The third-order valence-electron chi connectivity index (χ3n) is 5.20. The van der Waals surface area contributed by atoms with Crippen molar-refractivity contribution in [2.24, 2.45) is 0 Å². The van der Waals surface area contributed by atoms with E-state index in [1.165, 1.54) is 0 Å². The van der Waals surface area contributed by atoms with Crippen LogP contribution in [0, 0.1) is 0 Å². The summed E-state index contributed by atoms with van der Waals surface area (Å²) in [6.07, 6.45) is 7.04. The minimum atomic E-state index is -0.407. The van der Waals surface area contributed by atoms with Crippen LogP contribution in [-0.2, 0) is 14.1 Å². The summed E-state index contributed by atoms with van der Waals surface area (Å²) in [5.74, 6) is 0.275. The highest BCUT2D eigenvalue weighted by Crippen LogP contribution is 2.39. The minimum Gasteiger partial charge on any atom is -0.399 e. The second kappa shape index (κ2) is 4.95. The van der Waals surface area contributed by atoms with E-state index in [0.29, 0.717) is 6.42 Å². The average molecular weight is 290 g/mol. The van der Waals surface area contributed by atoms with Crippen LogP contribution >= 0.6 is 0 Å². The highest BCUT2D eigenvalue weighted by molar-refractivity contribution is 6.62. The Kier molecular flexibility index (Phi) is 3.49. The summed E-state index contributed by atoms with van der Waals surface area (Å²) in [5, 5.41) is 4.35. The van der Waals surface area contributed by atoms with Crippen LogP contribution in [0.3, 0.4) is 0 Å². The maximum absolute atomic E-state index is 11.8. The predicted octanol–water partition coefficient (Wildman–Crippen LogP) is 1.87. The van der Waals surface area contributed by atoms with Crippen molar-refractivity contribution in [1.29, 1.82) is 0 Å². The van der Waals surface area contributed by atoms with Crippen molar-refractivity contribution in [3.05, 3.63) is 12.4 Å². The third-order valence-corrected chi connectivity index (χ3v) is 5.20. The molecule has 2 heterocycles. The zero-order valence-electron chi connectivity index (χ0n) is 13.3. The Morgan fingerprint density at radius 3 is 2.76 bits per heavy atom. The molecule has 1 aliphatic heterocycles. The van der Waals surface area contributed by atoms with E-state index in [4.69, 9.17) is 9.31 Å². The molecule has 1 aromatic heterocycles. The lowest BCUT2D eigenvalue weighted by Gasteiger charge is -2.35. The van der Waals surface area contributed by atoms with Gasteiger partial charge in [-0.1, -0.05) is 6.92 Å². The maximum Gasteiger partial charge on any atom is 0.498 e. The van der Waals surface area contributed by atoms with E-state index in [2.05, 4.69) is 32.8 Å². The van der Waals surface area contributed by atoms with Crippen LogP contribution < -0.4 is 5.46 Å². The molecule has 1 aromatic rings. The normalized spacial score (nSPS) is 32.1. The standard InChI is InChI=1S/C15H23BN2O3/c1-5-15(4)14(2,3)20-16(21-15)11-9-17-18(10-11)12-7-6-8-13(12)19/h9-10,12H,5-8H2,1-4H3. The van der Waals surface area contributed by atoms with Gasteiger partial charge in [0.05, 0.1) is 11.2 Å². The van der Waals surface area contributed by atoms with Crippen molar-refractivity contribution in [2.75, 3.05) is 0 Å². The fourth-order valence-corrected chi connectivity index (χ4v) is 3.16. The van der Waals surface area contributed by atoms with Gasteiger partial charge < -0.3 is 9.31 Å². The molecule has 3 rings (SSSR count). The fourth-order valence-electron chi connectivity index (χ4n) is 3.16. The topological polar surface area (TPSA) is 53.4 Å². The van der Waals surface area contributed by atoms with E-state index in [0.717, 1.165) is 24.7 Å². The van der Waals surface area contributed by atoms with Crippen molar-refractivity contribution >= 4 is 18.4 Å². The van der Waals surface area contributed by atoms with E-state index in [9.17, 15) is 4.79 Å². The summed E-state index contributed by atoms with van der Waals surface area (Å²) < 4.78 is 14.0. The number of carbonyl (C=O) groups excluding carboxylic acids is 1. The first-order chi connectivity index (χ1) is 9.86. The maximum atomic E-state index is 11.8. The molecule has 1 aliphatic carbocycles. The Morgan fingerprint density at radius 2 is 2.19 bits per heavy atom. The number of aromatic nitrogens is 2. The lowest BCUT2D eigenvalue weighted by atomic mass is 9.82. The monoisotopic (exact) mass is 290 g/mol. The number of Topliss-reactive ketones (excluding diaryl/α,β-unsaturated/α-hetero) is 1. The molecule has 2 atom stereocenters. The fraction of sp³-hybridized carbons (Fsp3) is 0.733. The molecule has 5 nitrogen and oxygen atoms in total. The molecule has 2 fully saturated rings. The predicted molar refractivity (Wildman–Crippen MR) is 80.5 cm³/mol. The van der Waals surface area contributed by atoms with Gasteiger partial charge in [-0.15, -0.1) is 0 Å². The SMILES string of the molecule is CCC1(C)OB(c2cnn(C3CCCC3=O)c2)OC1(C)C. The number of carbonyl (C=O) groups is 1. The largest absolute Gasteiger partial charge is 0.498 e. The molecular formula is C15H23BN2O3. The van der Waals surface area contributed by atoms with Gasteiger partial charge in [-0.3, -0.25) is 9.48 Å². The van der Waals surface area contributed by atoms with Crippen molar-refractivity contribution < 1.29 is 14.1 Å². The van der Waals surface area contributed by atoms with Crippen LogP contribution in [0.4, 0.5) is 0 Å². The number of hydrogen-bond acceptors (Lipinski definition) is 4. The summed E-state index contributed by atoms with van der Waals surface area (Å²) in [6, 6.07) is -0.106. The summed E-state index contributed by atoms with van der Waals surface area (Å²) in [6.45, 7) is 8.30. The summed E-state index contributed by atoms with van der Waals surface area (Å²) >= 11 is 0. The number of hydrogen-bond donors (Lipinski definition) is 0. The molecule has 6 heteroatoms. The van der Waals surface area contributed by atoms with Gasteiger partial charge in [-0.25, -0.2) is 0 Å². The smallest absolute Gasteiger partial charge is 0.399 e. The Morgan fingerprint density at radius 1 is 1.43 bits per heavy atom. The molecule has 2 aliphatic rings. The average Bonchev–Trinajstić information content (AvgIpc) is 3.09. The van der Waals surface area contributed by atoms with Crippen molar-refractivity contribution in [2.45, 2.75) is 70.6 Å². The van der Waals surface area contributed by atoms with Gasteiger partial charge in [0.1, 0.15) is 6.04 Å². The number of rotatable bonds is 3. The Labute approximate surface area is 126 Å². The first-order valence-electron chi connectivity index (χ1n) is 7.79. The molecule has 2 unspecified atom stereocenters. The first-order valence-corrected chi connectivity index (χ1v) is 7.79. The zero-order valence-corrected chi connectivity index (χ0v) is 13.3. The molecular weight excluding hydrogens is 267 g/mol. The quantitative estimate of drug-likeness (QED) is 0.797. The van der Waals surface area contributed by atoms with E-state index in [1.54, 1.807) is 10.9 Å². The molecule has 0 amide bonds. The first kappa shape index (κ1) is 14.8. The second-order valence-electron chi connectivity index (χ2n) is 6.79. The number of ketones is 1. The summed E-state index contributed by atoms with van der Waals surface area (Å²) in [7, 11) is -0.407. The molecule has 21 heavy (non-hydrogen) atoms. The van der Waals surface area contributed by atoms with Crippen LogP contribution in [-0.4, -0.2) is 33.9 Å². The lowest BCUT2D eigenvalue weighted by Crippen LogP contribution is -2.44. The Balaban J connectivity index is 1.80. The van der Waals surface area contributed by atoms with Crippen LogP contribution in [0.1, 0.15) is 59.4 Å². The van der Waals surface area contributed by atoms with Crippen LogP contribution in [0.15, 0.2) is 12.4 Å². The zero-order chi connectivity index (χ0) is 15.3. The molecule has 1 saturated heterocycles. The molecule has 0 bridgehead atoms. The highest BCUT2D eigenvalue weighted by Gasteiger charge is 2.53. The van der Waals surface area contributed by atoms with Gasteiger partial charge >= 0.3 is 7.12 Å². The molecule has 1 saturated carbocycles. The Hall–Kier alpha value is -1.14. The van der Waals surface area contributed by atoms with Gasteiger partial charge in [0.15, 0.2) is 5.78 Å². The van der Waals surface area contributed by atoms with Crippen LogP contribution in [0.25, 0.3) is 0 Å². The molecule has 0 N–H and O–H groups in total. The van der Waals surface area contributed by atoms with E-state index in [-0.39, 0.29) is 23.0 Å². The summed E-state index contributed by atoms with van der Waals surface area (Å²) in [4.78, 5) is 11.8. The highest BCUT2D eigenvalue weighted by atomic mass is 16.7. The van der Waals surface area contributed by atoms with E-state index >= 15 is 0 Å².